The van der Waals surface area contributed by atoms with Gasteiger partial charge in [0.1, 0.15) is 30.9 Å². The molecule has 2 aromatic heterocycles. The highest BCUT2D eigenvalue weighted by atomic mass is 31.2. The lowest BCUT2D eigenvalue weighted by atomic mass is 9.98. The summed E-state index contributed by atoms with van der Waals surface area (Å²) in [5.41, 5.74) is 5.71. The van der Waals surface area contributed by atoms with Crippen LogP contribution in [-0.2, 0) is 27.2 Å². The van der Waals surface area contributed by atoms with E-state index in [1.54, 1.807) is 13.3 Å². The quantitative estimate of drug-likeness (QED) is 0.0770. The van der Waals surface area contributed by atoms with Gasteiger partial charge >= 0.3 is 6.09 Å². The number of nitrogens with one attached hydrogen (secondary N) is 2. The van der Waals surface area contributed by atoms with Crippen molar-refractivity contribution in [1.29, 1.82) is 0 Å². The molecule has 0 unspecified atom stereocenters. The normalized spacial score (nSPS) is 16.3. The molecule has 2 saturated heterocycles. The van der Waals surface area contributed by atoms with E-state index in [0.717, 1.165) is 84.8 Å². The molecule has 0 spiro atoms. The number of hydrogen-bond acceptors (Lipinski definition) is 10. The number of benzene rings is 2. The Morgan fingerprint density at radius 1 is 0.947 bits per heavy atom. The summed E-state index contributed by atoms with van der Waals surface area (Å²) in [5.74, 6) is 1.12. The van der Waals surface area contributed by atoms with Crippen molar-refractivity contribution in [3.63, 3.8) is 0 Å². The van der Waals surface area contributed by atoms with Gasteiger partial charge in [0.05, 0.1) is 11.1 Å². The van der Waals surface area contributed by atoms with Crippen molar-refractivity contribution in [2.24, 2.45) is 0 Å². The molecule has 12 nitrogen and oxygen atoms in total. The van der Waals surface area contributed by atoms with Gasteiger partial charge in [-0.15, -0.1) is 0 Å². The molecule has 0 radical (unpaired) electrons. The Bertz CT molecular complexity index is 2070. The van der Waals surface area contributed by atoms with Crippen molar-refractivity contribution >= 4 is 66.5 Å². The number of piperazine rings is 1. The molecule has 1 amide bonds. The zero-order chi connectivity index (χ0) is 41.1. The van der Waals surface area contributed by atoms with E-state index in [1.807, 2.05) is 66.8 Å². The molecule has 2 aliphatic heterocycles. The lowest BCUT2D eigenvalue weighted by Gasteiger charge is -2.43. The first-order valence-electron chi connectivity index (χ1n) is 20.6. The molecule has 4 aromatic rings. The van der Waals surface area contributed by atoms with E-state index in [1.165, 1.54) is 11.3 Å². The molecule has 2 N–H and O–H groups in total. The maximum absolute atomic E-state index is 13.3. The maximum atomic E-state index is 13.3. The molecular formula is C43H65N8O4PSi. The van der Waals surface area contributed by atoms with E-state index in [2.05, 4.69) is 66.1 Å². The highest BCUT2D eigenvalue weighted by molar-refractivity contribution is 7.70. The number of rotatable bonds is 13. The van der Waals surface area contributed by atoms with E-state index < -0.39 is 20.8 Å². The average Bonchev–Trinajstić information content (AvgIpc) is 3.56. The van der Waals surface area contributed by atoms with Gasteiger partial charge in [-0.05, 0) is 108 Å². The zero-order valence-corrected chi connectivity index (χ0v) is 37.8. The van der Waals surface area contributed by atoms with Crippen molar-refractivity contribution in [2.75, 3.05) is 74.7 Å². The molecule has 0 atom stereocenters. The average molecular weight is 817 g/mol. The topological polar surface area (TPSA) is 117 Å². The first-order chi connectivity index (χ1) is 26.9. The second-order valence-corrected chi connectivity index (χ2v) is 27.1. The first-order valence-corrected chi connectivity index (χ1v) is 26.9. The van der Waals surface area contributed by atoms with Gasteiger partial charge < -0.3 is 39.0 Å². The standard InChI is InChI=1S/C43H65N8O4PSi/c1-11-32-29-36(31(2)28-37(32)49-19-16-33(17-20-49)48-22-24-50(25-23-48)42(52)55-43(3,4)5)45-41-46-39(44-35-14-12-13-15-38(35)56(6,7)53)34-18-21-51(40(34)47-41)30-54-26-27-57(8,9)10/h12-15,18,21,28-29,33H,11,16-17,19-20,22-27,30H2,1-10H3,(H2,44,45,46,47). The van der Waals surface area contributed by atoms with Crippen LogP contribution in [0.4, 0.5) is 33.6 Å². The molecule has 2 fully saturated rings. The number of aryl methyl sites for hydroxylation is 2. The van der Waals surface area contributed by atoms with Crippen LogP contribution in [0.2, 0.25) is 25.7 Å². The number of hydrogen-bond donors (Lipinski definition) is 2. The van der Waals surface area contributed by atoms with Gasteiger partial charge in [0.2, 0.25) is 5.95 Å². The third-order valence-electron chi connectivity index (χ3n) is 10.9. The van der Waals surface area contributed by atoms with Crippen LogP contribution in [0.25, 0.3) is 11.0 Å². The van der Waals surface area contributed by atoms with E-state index >= 15 is 0 Å². The number of ether oxygens (including phenoxy) is 2. The minimum atomic E-state index is -2.57. The highest BCUT2D eigenvalue weighted by Gasteiger charge is 2.31. The van der Waals surface area contributed by atoms with E-state index in [4.69, 9.17) is 19.4 Å². The zero-order valence-electron chi connectivity index (χ0n) is 35.9. The fourth-order valence-electron chi connectivity index (χ4n) is 7.68. The Kier molecular flexibility index (Phi) is 13.1. The van der Waals surface area contributed by atoms with Crippen LogP contribution in [0.5, 0.6) is 0 Å². The Balaban J connectivity index is 1.19. The Morgan fingerprint density at radius 2 is 1.65 bits per heavy atom. The van der Waals surface area contributed by atoms with Crippen molar-refractivity contribution < 1.29 is 18.8 Å². The Morgan fingerprint density at radius 3 is 2.30 bits per heavy atom. The van der Waals surface area contributed by atoms with E-state index in [-0.39, 0.29) is 6.09 Å². The number of aromatic nitrogens is 3. The third-order valence-corrected chi connectivity index (χ3v) is 14.2. The minimum Gasteiger partial charge on any atom is -0.444 e. The molecule has 0 aliphatic carbocycles. The first kappa shape index (κ1) is 42.7. The van der Waals surface area contributed by atoms with Crippen LogP contribution in [-0.4, -0.2) is 109 Å². The molecule has 0 saturated carbocycles. The molecule has 2 aliphatic rings. The number of anilines is 5. The van der Waals surface area contributed by atoms with Crippen molar-refractivity contribution in [2.45, 2.75) is 97.9 Å². The molecule has 2 aromatic carbocycles. The summed E-state index contributed by atoms with van der Waals surface area (Å²) in [6.07, 6.45) is 4.87. The van der Waals surface area contributed by atoms with Gasteiger partial charge in [-0.1, -0.05) is 38.7 Å². The number of nitrogens with zero attached hydrogens (tertiary/aromatic N) is 6. The molecule has 6 rings (SSSR count). The largest absolute Gasteiger partial charge is 0.444 e. The minimum absolute atomic E-state index is 0.208. The predicted octanol–water partition coefficient (Wildman–Crippen LogP) is 8.87. The van der Waals surface area contributed by atoms with Crippen LogP contribution in [0.3, 0.4) is 0 Å². The molecule has 14 heteroatoms. The second kappa shape index (κ2) is 17.5. The number of piperidine rings is 1. The lowest BCUT2D eigenvalue weighted by molar-refractivity contribution is 0.00901. The molecule has 310 valence electrons. The monoisotopic (exact) mass is 816 g/mol. The summed E-state index contributed by atoms with van der Waals surface area (Å²) in [6.45, 7) is 27.0. The SMILES string of the molecule is CCc1cc(Nc2nc(Nc3ccccc3P(C)(C)=O)c3ccn(COCC[Si](C)(C)C)c3n2)c(C)cc1N1CCC(N2CCN(C(=O)OC(C)(C)C)CC2)CC1. The van der Waals surface area contributed by atoms with Crippen LogP contribution in [0, 0.1) is 6.92 Å². The summed E-state index contributed by atoms with van der Waals surface area (Å²) in [5, 5.41) is 8.77. The Labute approximate surface area is 341 Å². The number of carbonyl (C=O) groups is 1. The lowest BCUT2D eigenvalue weighted by Crippen LogP contribution is -2.55. The smallest absolute Gasteiger partial charge is 0.410 e. The summed E-state index contributed by atoms with van der Waals surface area (Å²) in [6, 6.07) is 15.9. The van der Waals surface area contributed by atoms with Crippen LogP contribution < -0.4 is 20.8 Å². The molecular weight excluding hydrogens is 752 g/mol. The van der Waals surface area contributed by atoms with Gasteiger partial charge in [-0.2, -0.15) is 9.97 Å². The van der Waals surface area contributed by atoms with Crippen molar-refractivity contribution in [1.82, 2.24) is 24.3 Å². The summed E-state index contributed by atoms with van der Waals surface area (Å²) in [7, 11) is -3.80. The third kappa shape index (κ3) is 11.0. The Hall–Kier alpha value is -3.90. The van der Waals surface area contributed by atoms with Crippen LogP contribution in [0.15, 0.2) is 48.7 Å². The summed E-state index contributed by atoms with van der Waals surface area (Å²) in [4.78, 5) is 29.7. The fraction of sp³-hybridized carbons (Fsp3) is 0.558. The van der Waals surface area contributed by atoms with Gasteiger partial charge in [-0.3, -0.25) is 4.90 Å². The number of para-hydroxylation sites is 1. The number of carbonyl (C=O) groups excluding carboxylic acids is 1. The molecule has 4 heterocycles. The van der Waals surface area contributed by atoms with Crippen molar-refractivity contribution in [3.8, 4) is 0 Å². The van der Waals surface area contributed by atoms with Gasteiger partial charge in [0.25, 0.3) is 0 Å². The predicted molar refractivity (Wildman–Crippen MR) is 239 cm³/mol. The molecule has 0 bridgehead atoms. The van der Waals surface area contributed by atoms with Crippen LogP contribution >= 0.6 is 7.14 Å². The molecule has 57 heavy (non-hydrogen) atoms. The van der Waals surface area contributed by atoms with Crippen molar-refractivity contribution in [3.05, 3.63) is 59.8 Å². The summed E-state index contributed by atoms with van der Waals surface area (Å²) < 4.78 is 27.1. The van der Waals surface area contributed by atoms with Gasteiger partial charge in [0.15, 0.2) is 0 Å². The highest BCUT2D eigenvalue weighted by Crippen LogP contribution is 2.39. The van der Waals surface area contributed by atoms with E-state index in [0.29, 0.717) is 44.2 Å². The fourth-order valence-corrected chi connectivity index (χ4v) is 9.59. The van der Waals surface area contributed by atoms with Gasteiger partial charge in [-0.25, -0.2) is 4.79 Å². The maximum Gasteiger partial charge on any atom is 0.410 e. The second-order valence-electron chi connectivity index (χ2n) is 18.3. The van der Waals surface area contributed by atoms with Gasteiger partial charge in [0, 0.05) is 82.9 Å². The summed E-state index contributed by atoms with van der Waals surface area (Å²) >= 11 is 0. The number of amides is 1. The number of fused-ring (bicyclic) bond motifs is 1. The van der Waals surface area contributed by atoms with Crippen LogP contribution in [0.1, 0.15) is 51.7 Å². The van der Waals surface area contributed by atoms with E-state index in [9.17, 15) is 9.36 Å².